The lowest BCUT2D eigenvalue weighted by atomic mass is 10.0. The second kappa shape index (κ2) is 49.7. The number of rotatable bonds is 48. The number of carbonyl (C=O) groups excluding carboxylic acids is 2. The fraction of sp³-hybridized carbons (Fsp3) is 0.852. The van der Waals surface area contributed by atoms with E-state index >= 15 is 0 Å². The van der Waals surface area contributed by atoms with E-state index in [1.54, 1.807) is 6.08 Å². The smallest absolute Gasteiger partial charge is 0.305 e. The highest BCUT2D eigenvalue weighted by atomic mass is 16.5. The zero-order valence-electron chi connectivity index (χ0n) is 39.9. The Bertz CT molecular complexity index is 977. The Kier molecular flexibility index (Phi) is 48.1. The van der Waals surface area contributed by atoms with Crippen molar-refractivity contribution in [2.45, 2.75) is 283 Å². The zero-order valence-corrected chi connectivity index (χ0v) is 39.9. The second-order valence-corrected chi connectivity index (χ2v) is 17.9. The first kappa shape index (κ1) is 58.1. The molecular formula is C54H101NO5. The first-order valence-corrected chi connectivity index (χ1v) is 26.3. The van der Waals surface area contributed by atoms with Crippen molar-refractivity contribution in [3.05, 3.63) is 36.5 Å². The predicted octanol–water partition coefficient (Wildman–Crippen LogP) is 15.7. The molecule has 6 nitrogen and oxygen atoms in total. The molecule has 0 aliphatic rings. The van der Waals surface area contributed by atoms with Crippen molar-refractivity contribution in [2.24, 2.45) is 0 Å². The molecule has 2 unspecified atom stereocenters. The molecule has 0 bridgehead atoms. The van der Waals surface area contributed by atoms with Crippen LogP contribution in [0.4, 0.5) is 0 Å². The van der Waals surface area contributed by atoms with Crippen molar-refractivity contribution in [2.75, 3.05) is 13.2 Å². The van der Waals surface area contributed by atoms with Gasteiger partial charge in [-0.05, 0) is 57.8 Å². The summed E-state index contributed by atoms with van der Waals surface area (Å²) >= 11 is 0. The summed E-state index contributed by atoms with van der Waals surface area (Å²) in [5, 5.41) is 23.1. The average molecular weight is 844 g/mol. The Hall–Kier alpha value is -1.92. The molecule has 0 saturated carbocycles. The van der Waals surface area contributed by atoms with E-state index in [2.05, 4.69) is 43.5 Å². The Morgan fingerprint density at radius 2 is 0.850 bits per heavy atom. The van der Waals surface area contributed by atoms with E-state index in [0.29, 0.717) is 19.4 Å². The number of nitrogens with one attached hydrogen (secondary N) is 1. The van der Waals surface area contributed by atoms with E-state index in [1.165, 1.54) is 173 Å². The van der Waals surface area contributed by atoms with Gasteiger partial charge in [-0.25, -0.2) is 0 Å². The Morgan fingerprint density at radius 3 is 1.32 bits per heavy atom. The van der Waals surface area contributed by atoms with Gasteiger partial charge in [-0.1, -0.05) is 237 Å². The molecule has 0 aliphatic heterocycles. The minimum Gasteiger partial charge on any atom is -0.466 e. The van der Waals surface area contributed by atoms with Crippen molar-refractivity contribution < 1.29 is 24.5 Å². The largest absolute Gasteiger partial charge is 0.466 e. The highest BCUT2D eigenvalue weighted by molar-refractivity contribution is 5.76. The van der Waals surface area contributed by atoms with Crippen LogP contribution in [0.3, 0.4) is 0 Å². The summed E-state index contributed by atoms with van der Waals surface area (Å²) in [4.78, 5) is 24.5. The molecule has 60 heavy (non-hydrogen) atoms. The summed E-state index contributed by atoms with van der Waals surface area (Å²) in [7, 11) is 0. The topological polar surface area (TPSA) is 95.9 Å². The molecule has 1 amide bonds. The standard InChI is InChI=1S/C54H101NO5/c1-3-5-7-9-11-13-15-17-19-20-21-22-26-30-34-38-42-46-52(57)51(50-56)55-53(58)47-43-39-35-31-27-24-25-29-33-37-41-45-49-60-54(59)48-44-40-36-32-28-23-18-16-14-12-10-8-6-4-2/h10,12,16,18,42,46,51-52,56-57H,3-9,11,13-15,17,19-41,43-45,47-50H2,1-2H3,(H,55,58)/b12-10-,18-16-,46-42+. The zero-order chi connectivity index (χ0) is 43.7. The molecular weight excluding hydrogens is 743 g/mol. The third-order valence-electron chi connectivity index (χ3n) is 11.9. The molecule has 0 aromatic carbocycles. The fourth-order valence-electron chi connectivity index (χ4n) is 7.83. The third kappa shape index (κ3) is 45.6. The quantitative estimate of drug-likeness (QED) is 0.0322. The Morgan fingerprint density at radius 1 is 0.467 bits per heavy atom. The van der Waals surface area contributed by atoms with E-state index in [0.717, 1.165) is 70.6 Å². The molecule has 352 valence electrons. The highest BCUT2D eigenvalue weighted by Crippen LogP contribution is 2.16. The van der Waals surface area contributed by atoms with E-state index in [-0.39, 0.29) is 18.5 Å². The molecule has 0 heterocycles. The van der Waals surface area contributed by atoms with Crippen molar-refractivity contribution >= 4 is 11.9 Å². The number of hydrogen-bond donors (Lipinski definition) is 3. The molecule has 6 heteroatoms. The number of unbranched alkanes of at least 4 members (excludes halogenated alkanes) is 33. The van der Waals surface area contributed by atoms with Crippen LogP contribution >= 0.6 is 0 Å². The van der Waals surface area contributed by atoms with Gasteiger partial charge < -0.3 is 20.3 Å². The van der Waals surface area contributed by atoms with Crippen LogP contribution in [-0.4, -0.2) is 47.4 Å². The van der Waals surface area contributed by atoms with E-state index < -0.39 is 12.1 Å². The molecule has 2 atom stereocenters. The van der Waals surface area contributed by atoms with Crippen LogP contribution in [0.25, 0.3) is 0 Å². The third-order valence-corrected chi connectivity index (χ3v) is 11.9. The van der Waals surface area contributed by atoms with Gasteiger partial charge in [0.05, 0.1) is 25.4 Å². The summed E-state index contributed by atoms with van der Waals surface area (Å²) in [5.74, 6) is -0.110. The molecule has 0 spiro atoms. The minimum absolute atomic E-state index is 0.0257. The lowest BCUT2D eigenvalue weighted by Crippen LogP contribution is -2.45. The van der Waals surface area contributed by atoms with Gasteiger partial charge in [0.2, 0.25) is 5.91 Å². The summed E-state index contributed by atoms with van der Waals surface area (Å²) < 4.78 is 5.45. The van der Waals surface area contributed by atoms with Gasteiger partial charge in [0, 0.05) is 12.8 Å². The number of amides is 1. The molecule has 0 rings (SSSR count). The van der Waals surface area contributed by atoms with Gasteiger partial charge in [0.1, 0.15) is 0 Å². The fourth-order valence-corrected chi connectivity index (χ4v) is 7.83. The maximum Gasteiger partial charge on any atom is 0.305 e. The lowest BCUT2D eigenvalue weighted by molar-refractivity contribution is -0.143. The van der Waals surface area contributed by atoms with Crippen molar-refractivity contribution in [1.29, 1.82) is 0 Å². The van der Waals surface area contributed by atoms with Crippen LogP contribution in [0.5, 0.6) is 0 Å². The molecule has 0 radical (unpaired) electrons. The Labute approximate surface area is 373 Å². The molecule has 0 aromatic rings. The first-order valence-electron chi connectivity index (χ1n) is 26.3. The van der Waals surface area contributed by atoms with Gasteiger partial charge in [-0.15, -0.1) is 0 Å². The first-order chi connectivity index (χ1) is 29.5. The van der Waals surface area contributed by atoms with Crippen molar-refractivity contribution in [3.8, 4) is 0 Å². The van der Waals surface area contributed by atoms with E-state index in [4.69, 9.17) is 4.74 Å². The van der Waals surface area contributed by atoms with Crippen molar-refractivity contribution in [3.63, 3.8) is 0 Å². The predicted molar refractivity (Wildman–Crippen MR) is 259 cm³/mol. The average Bonchev–Trinajstić information content (AvgIpc) is 3.25. The number of esters is 1. The van der Waals surface area contributed by atoms with Crippen LogP contribution in [0.15, 0.2) is 36.5 Å². The summed E-state index contributed by atoms with van der Waals surface area (Å²) in [5.41, 5.74) is 0. The lowest BCUT2D eigenvalue weighted by Gasteiger charge is -2.20. The maximum atomic E-state index is 12.4. The van der Waals surface area contributed by atoms with Crippen molar-refractivity contribution in [1.82, 2.24) is 5.32 Å². The number of hydrogen-bond acceptors (Lipinski definition) is 5. The summed E-state index contributed by atoms with van der Waals surface area (Å²) in [6.45, 7) is 4.82. The second-order valence-electron chi connectivity index (χ2n) is 17.9. The molecule has 3 N–H and O–H groups in total. The highest BCUT2D eigenvalue weighted by Gasteiger charge is 2.18. The number of aliphatic hydroxyl groups excluding tert-OH is 2. The van der Waals surface area contributed by atoms with Gasteiger partial charge in [-0.2, -0.15) is 0 Å². The van der Waals surface area contributed by atoms with Crippen LogP contribution in [0.1, 0.15) is 271 Å². The van der Waals surface area contributed by atoms with Gasteiger partial charge >= 0.3 is 5.97 Å². The molecule has 0 aliphatic carbocycles. The maximum absolute atomic E-state index is 12.4. The van der Waals surface area contributed by atoms with E-state index in [9.17, 15) is 19.8 Å². The van der Waals surface area contributed by atoms with Gasteiger partial charge in [0.15, 0.2) is 0 Å². The summed E-state index contributed by atoms with van der Waals surface area (Å²) in [6.07, 6.45) is 59.9. The van der Waals surface area contributed by atoms with Crippen LogP contribution in [0.2, 0.25) is 0 Å². The van der Waals surface area contributed by atoms with Crippen LogP contribution in [-0.2, 0) is 14.3 Å². The number of carbonyl (C=O) groups is 2. The molecule has 0 fully saturated rings. The molecule has 0 saturated heterocycles. The van der Waals surface area contributed by atoms with Crippen LogP contribution < -0.4 is 5.32 Å². The number of allylic oxidation sites excluding steroid dienone is 5. The SMILES string of the molecule is CCCC/C=C\C/C=C\CCCCCCCC(=O)OCCCCCCCCCCCCCCC(=O)NC(CO)C(O)/C=C/CCCCCCCCCCCCCCCCC. The van der Waals surface area contributed by atoms with E-state index in [1.807, 2.05) is 6.08 Å². The molecule has 0 aromatic heterocycles. The normalized spacial score (nSPS) is 12.9. The Balaban J connectivity index is 3.52. The number of ether oxygens (including phenoxy) is 1. The van der Waals surface area contributed by atoms with Gasteiger partial charge in [-0.3, -0.25) is 9.59 Å². The monoisotopic (exact) mass is 844 g/mol. The van der Waals surface area contributed by atoms with Gasteiger partial charge in [0.25, 0.3) is 0 Å². The minimum atomic E-state index is -0.856. The summed E-state index contributed by atoms with van der Waals surface area (Å²) in [6, 6.07) is -0.640. The number of aliphatic hydroxyl groups is 2. The van der Waals surface area contributed by atoms with Crippen LogP contribution in [0, 0.1) is 0 Å².